The van der Waals surface area contributed by atoms with E-state index in [-0.39, 0.29) is 5.91 Å². The predicted octanol–water partition coefficient (Wildman–Crippen LogP) is 3.86. The van der Waals surface area contributed by atoms with Crippen LogP contribution in [0.2, 0.25) is 0 Å². The van der Waals surface area contributed by atoms with Gasteiger partial charge in [-0.1, -0.05) is 54.1 Å². The van der Waals surface area contributed by atoms with Gasteiger partial charge in [0, 0.05) is 24.6 Å². The molecule has 0 fully saturated rings. The van der Waals surface area contributed by atoms with Crippen molar-refractivity contribution >= 4 is 11.6 Å². The molecule has 3 aromatic rings. The lowest BCUT2D eigenvalue weighted by Gasteiger charge is -2.19. The molecule has 1 atom stereocenters. The average molecular weight is 331 g/mol. The maximum absolute atomic E-state index is 12.8. The van der Waals surface area contributed by atoms with Crippen LogP contribution in [0.25, 0.3) is 0 Å². The van der Waals surface area contributed by atoms with Crippen molar-refractivity contribution in [1.29, 1.82) is 0 Å². The van der Waals surface area contributed by atoms with Crippen molar-refractivity contribution in [2.24, 2.45) is 0 Å². The number of aryl methyl sites for hydroxylation is 1. The average Bonchev–Trinajstić information content (AvgIpc) is 2.65. The Morgan fingerprint density at radius 1 is 1.00 bits per heavy atom. The molecule has 1 unspecified atom stereocenters. The highest BCUT2D eigenvalue weighted by molar-refractivity contribution is 5.95. The molecular weight excluding hydrogens is 310 g/mol. The van der Waals surface area contributed by atoms with Crippen LogP contribution in [0.1, 0.15) is 22.7 Å². The molecule has 1 amide bonds. The van der Waals surface area contributed by atoms with E-state index in [1.807, 2.05) is 73.7 Å². The van der Waals surface area contributed by atoms with Gasteiger partial charge >= 0.3 is 0 Å². The van der Waals surface area contributed by atoms with Gasteiger partial charge in [0.15, 0.2) is 0 Å². The van der Waals surface area contributed by atoms with E-state index < -0.39 is 6.04 Å². The molecular formula is C21H21N3O. The first-order valence-electron chi connectivity index (χ1n) is 8.27. The second-order valence-corrected chi connectivity index (χ2v) is 5.94. The largest absolute Gasteiger partial charge is 0.324 e. The highest BCUT2D eigenvalue weighted by Crippen LogP contribution is 2.17. The minimum atomic E-state index is -0.442. The van der Waals surface area contributed by atoms with Crippen LogP contribution in [0, 0.1) is 6.92 Å². The first-order chi connectivity index (χ1) is 12.2. The van der Waals surface area contributed by atoms with E-state index in [9.17, 15) is 4.79 Å². The molecule has 0 aliphatic heterocycles. The van der Waals surface area contributed by atoms with Crippen LogP contribution in [-0.2, 0) is 11.3 Å². The summed E-state index contributed by atoms with van der Waals surface area (Å²) in [5, 5.41) is 6.32. The molecule has 1 aromatic heterocycles. The Labute approximate surface area is 147 Å². The summed E-state index contributed by atoms with van der Waals surface area (Å²) < 4.78 is 0. The Morgan fingerprint density at radius 3 is 2.44 bits per heavy atom. The molecule has 2 N–H and O–H groups in total. The number of nitrogens with zero attached hydrogens (tertiary/aromatic N) is 1. The van der Waals surface area contributed by atoms with Gasteiger partial charge in [0.1, 0.15) is 6.04 Å². The summed E-state index contributed by atoms with van der Waals surface area (Å²) in [5.41, 5.74) is 3.91. The molecule has 0 saturated carbocycles. The number of hydrogen-bond acceptors (Lipinski definition) is 3. The lowest BCUT2D eigenvalue weighted by Crippen LogP contribution is -2.32. The Kier molecular flexibility index (Phi) is 5.54. The van der Waals surface area contributed by atoms with Gasteiger partial charge in [0.05, 0.1) is 0 Å². The number of amides is 1. The molecule has 1 heterocycles. The van der Waals surface area contributed by atoms with Crippen LogP contribution in [0.5, 0.6) is 0 Å². The van der Waals surface area contributed by atoms with Crippen LogP contribution in [0.4, 0.5) is 5.69 Å². The van der Waals surface area contributed by atoms with Gasteiger partial charge in [-0.3, -0.25) is 15.1 Å². The number of pyridine rings is 1. The molecule has 0 radical (unpaired) electrons. The number of aromatic nitrogens is 1. The summed E-state index contributed by atoms with van der Waals surface area (Å²) in [6.45, 7) is 2.59. The van der Waals surface area contributed by atoms with E-state index in [0.29, 0.717) is 6.54 Å². The van der Waals surface area contributed by atoms with Crippen LogP contribution in [0.15, 0.2) is 79.1 Å². The highest BCUT2D eigenvalue weighted by Gasteiger charge is 2.20. The molecule has 126 valence electrons. The van der Waals surface area contributed by atoms with Crippen LogP contribution < -0.4 is 10.6 Å². The van der Waals surface area contributed by atoms with Crippen molar-refractivity contribution in [3.63, 3.8) is 0 Å². The molecule has 2 aromatic carbocycles. The van der Waals surface area contributed by atoms with Crippen LogP contribution in [0.3, 0.4) is 0 Å². The Morgan fingerprint density at radius 2 is 1.76 bits per heavy atom. The minimum Gasteiger partial charge on any atom is -0.324 e. The number of rotatable bonds is 6. The number of carbonyl (C=O) groups is 1. The van der Waals surface area contributed by atoms with Crippen LogP contribution in [-0.4, -0.2) is 10.9 Å². The summed E-state index contributed by atoms with van der Waals surface area (Å²) >= 11 is 0. The lowest BCUT2D eigenvalue weighted by atomic mass is 10.1. The number of benzene rings is 2. The van der Waals surface area contributed by atoms with Gasteiger partial charge in [0.2, 0.25) is 5.91 Å². The van der Waals surface area contributed by atoms with Gasteiger partial charge in [-0.2, -0.15) is 0 Å². The van der Waals surface area contributed by atoms with E-state index in [1.54, 1.807) is 12.4 Å². The maximum atomic E-state index is 12.8. The predicted molar refractivity (Wildman–Crippen MR) is 100 cm³/mol. The van der Waals surface area contributed by atoms with Crippen molar-refractivity contribution in [2.45, 2.75) is 19.5 Å². The van der Waals surface area contributed by atoms with E-state index in [4.69, 9.17) is 0 Å². The van der Waals surface area contributed by atoms with Gasteiger partial charge in [-0.25, -0.2) is 0 Å². The minimum absolute atomic E-state index is 0.0843. The molecule has 3 rings (SSSR count). The maximum Gasteiger partial charge on any atom is 0.246 e. The third-order valence-corrected chi connectivity index (χ3v) is 3.95. The lowest BCUT2D eigenvalue weighted by molar-refractivity contribution is -0.118. The number of nitrogens with one attached hydrogen (secondary N) is 2. The first kappa shape index (κ1) is 16.9. The monoisotopic (exact) mass is 331 g/mol. The summed E-state index contributed by atoms with van der Waals surface area (Å²) in [5.74, 6) is -0.0843. The number of hydrogen-bond donors (Lipinski definition) is 2. The SMILES string of the molecule is Cc1ccc(NC(=O)C(NCc2cccnc2)c2ccccc2)cc1. The van der Waals surface area contributed by atoms with Crippen molar-refractivity contribution in [1.82, 2.24) is 10.3 Å². The summed E-state index contributed by atoms with van der Waals surface area (Å²) in [7, 11) is 0. The standard InChI is InChI=1S/C21H21N3O/c1-16-9-11-19(12-10-16)24-21(25)20(18-7-3-2-4-8-18)23-15-17-6-5-13-22-14-17/h2-14,20,23H,15H2,1H3,(H,24,25). The Balaban J connectivity index is 1.75. The van der Waals surface area contributed by atoms with Gasteiger partial charge < -0.3 is 5.32 Å². The fraction of sp³-hybridized carbons (Fsp3) is 0.143. The molecule has 0 saturated heterocycles. The van der Waals surface area contributed by atoms with Gasteiger partial charge in [0.25, 0.3) is 0 Å². The van der Waals surface area contributed by atoms with Crippen LogP contribution >= 0.6 is 0 Å². The Hall–Kier alpha value is -2.98. The molecule has 0 aliphatic carbocycles. The molecule has 0 spiro atoms. The fourth-order valence-corrected chi connectivity index (χ4v) is 2.58. The zero-order valence-electron chi connectivity index (χ0n) is 14.1. The number of carbonyl (C=O) groups excluding carboxylic acids is 1. The third kappa shape index (κ3) is 4.75. The van der Waals surface area contributed by atoms with Gasteiger partial charge in [-0.15, -0.1) is 0 Å². The second-order valence-electron chi connectivity index (χ2n) is 5.94. The molecule has 4 heteroatoms. The normalized spacial score (nSPS) is 11.7. The van der Waals surface area contributed by atoms with E-state index in [0.717, 1.165) is 22.4 Å². The number of anilines is 1. The topological polar surface area (TPSA) is 54.0 Å². The first-order valence-corrected chi connectivity index (χ1v) is 8.27. The third-order valence-electron chi connectivity index (χ3n) is 3.95. The zero-order chi connectivity index (χ0) is 17.5. The molecule has 4 nitrogen and oxygen atoms in total. The van der Waals surface area contributed by atoms with E-state index in [2.05, 4.69) is 15.6 Å². The van der Waals surface area contributed by atoms with Crippen molar-refractivity contribution < 1.29 is 4.79 Å². The van der Waals surface area contributed by atoms with Crippen molar-refractivity contribution in [3.8, 4) is 0 Å². The molecule has 0 aliphatic rings. The van der Waals surface area contributed by atoms with Gasteiger partial charge in [-0.05, 0) is 36.2 Å². The molecule has 25 heavy (non-hydrogen) atoms. The van der Waals surface area contributed by atoms with E-state index in [1.165, 1.54) is 0 Å². The van der Waals surface area contributed by atoms with Crippen molar-refractivity contribution in [2.75, 3.05) is 5.32 Å². The summed E-state index contributed by atoms with van der Waals surface area (Å²) in [6.07, 6.45) is 3.54. The quantitative estimate of drug-likeness (QED) is 0.721. The zero-order valence-corrected chi connectivity index (χ0v) is 14.1. The second kappa shape index (κ2) is 8.22. The highest BCUT2D eigenvalue weighted by atomic mass is 16.2. The fourth-order valence-electron chi connectivity index (χ4n) is 2.58. The smallest absolute Gasteiger partial charge is 0.246 e. The van der Waals surface area contributed by atoms with E-state index >= 15 is 0 Å². The summed E-state index contributed by atoms with van der Waals surface area (Å²) in [4.78, 5) is 16.9. The Bertz CT molecular complexity index is 802. The van der Waals surface area contributed by atoms with Crippen molar-refractivity contribution in [3.05, 3.63) is 95.8 Å². The summed E-state index contributed by atoms with van der Waals surface area (Å²) in [6, 6.07) is 21.0. The molecule has 0 bridgehead atoms.